The maximum Gasteiger partial charge on any atom is 0.422 e. The third-order valence-corrected chi connectivity index (χ3v) is 3.33. The highest BCUT2D eigenvalue weighted by atomic mass is 16.6. The smallest absolute Gasteiger partial charge is 0.394 e. The molecule has 0 spiro atoms. The summed E-state index contributed by atoms with van der Waals surface area (Å²) in [7, 11) is 0. The third-order valence-electron chi connectivity index (χ3n) is 3.33. The van der Waals surface area contributed by atoms with Gasteiger partial charge in [-0.05, 0) is 0 Å². The van der Waals surface area contributed by atoms with Gasteiger partial charge in [-0.1, -0.05) is 0 Å². The van der Waals surface area contributed by atoms with Gasteiger partial charge in [0.15, 0.2) is 6.23 Å². The number of fused-ring (bicyclic) bond motifs is 1. The quantitative estimate of drug-likeness (QED) is 0.559. The Labute approximate surface area is 107 Å². The number of aliphatic hydroxyl groups excluding tert-OH is 3. The molecule has 0 aromatic carbocycles. The molecule has 3 heterocycles. The second-order valence-electron chi connectivity index (χ2n) is 4.45. The van der Waals surface area contributed by atoms with Crippen LogP contribution in [0.4, 0.5) is 0 Å². The average Bonchev–Trinajstić information content (AvgIpc) is 2.98. The Kier molecular flexibility index (Phi) is 2.86. The molecule has 1 saturated heterocycles. The molecule has 19 heavy (non-hydrogen) atoms. The molecule has 8 heteroatoms. The van der Waals surface area contributed by atoms with Crippen molar-refractivity contribution in [3.05, 3.63) is 35.1 Å². The fourth-order valence-corrected chi connectivity index (χ4v) is 2.28. The highest BCUT2D eigenvalue weighted by Crippen LogP contribution is 2.27. The Morgan fingerprint density at radius 3 is 2.79 bits per heavy atom. The summed E-state index contributed by atoms with van der Waals surface area (Å²) in [6.07, 6.45) is 0.202. The molecule has 1 fully saturated rings. The molecule has 3 rings (SSSR count). The zero-order chi connectivity index (χ0) is 13.6. The molecule has 0 amide bonds. The first-order valence-corrected chi connectivity index (χ1v) is 5.86. The van der Waals surface area contributed by atoms with Gasteiger partial charge < -0.3 is 20.1 Å². The van der Waals surface area contributed by atoms with Crippen LogP contribution in [-0.4, -0.2) is 49.2 Å². The van der Waals surface area contributed by atoms with Crippen LogP contribution in [0.3, 0.4) is 0 Å². The minimum Gasteiger partial charge on any atom is -0.394 e. The van der Waals surface area contributed by atoms with Crippen molar-refractivity contribution in [2.75, 3.05) is 6.61 Å². The Bertz CT molecular complexity index is 651. The van der Waals surface area contributed by atoms with E-state index in [9.17, 15) is 15.0 Å². The molecular formula is C11H14N3O5+. The number of H-pyrrole nitrogens is 1. The lowest BCUT2D eigenvalue weighted by Gasteiger charge is -2.15. The number of imidazole rings is 1. The lowest BCUT2D eigenvalue weighted by molar-refractivity contribution is -0.343. The molecule has 0 unspecified atom stereocenters. The predicted molar refractivity (Wildman–Crippen MR) is 61.2 cm³/mol. The minimum atomic E-state index is -1.27. The van der Waals surface area contributed by atoms with Gasteiger partial charge in [0, 0.05) is 12.3 Å². The summed E-state index contributed by atoms with van der Waals surface area (Å²) in [5.41, 5.74) is 0.196. The first-order valence-electron chi connectivity index (χ1n) is 5.86. The van der Waals surface area contributed by atoms with Gasteiger partial charge in [-0.3, -0.25) is 4.57 Å². The molecule has 1 aliphatic heterocycles. The number of hydrogen-bond donors (Lipinski definition) is 3. The highest BCUT2D eigenvalue weighted by Gasteiger charge is 2.44. The molecule has 2 aromatic heterocycles. The summed E-state index contributed by atoms with van der Waals surface area (Å²) in [6, 6.07) is 1.65. The normalized spacial score (nSPS) is 31.1. The molecule has 102 valence electrons. The van der Waals surface area contributed by atoms with E-state index in [2.05, 4.69) is 4.98 Å². The number of ether oxygens (including phenoxy) is 1. The van der Waals surface area contributed by atoms with Gasteiger partial charge in [0.25, 0.3) is 5.65 Å². The van der Waals surface area contributed by atoms with Crippen molar-refractivity contribution in [1.29, 1.82) is 0 Å². The number of nitrogens with one attached hydrogen (secondary N) is 1. The Balaban J connectivity index is 2.05. The van der Waals surface area contributed by atoms with E-state index in [-0.39, 0.29) is 0 Å². The number of aromatic nitrogens is 3. The van der Waals surface area contributed by atoms with E-state index in [4.69, 9.17) is 9.84 Å². The van der Waals surface area contributed by atoms with Crippen LogP contribution in [0.5, 0.6) is 0 Å². The molecule has 2 aromatic rings. The second-order valence-corrected chi connectivity index (χ2v) is 4.45. The molecule has 0 bridgehead atoms. The molecular weight excluding hydrogens is 254 g/mol. The predicted octanol–water partition coefficient (Wildman–Crippen LogP) is -2.47. The second kappa shape index (κ2) is 4.42. The number of aromatic amines is 1. The van der Waals surface area contributed by atoms with Gasteiger partial charge in [0.2, 0.25) is 0 Å². The highest BCUT2D eigenvalue weighted by molar-refractivity contribution is 5.28. The summed E-state index contributed by atoms with van der Waals surface area (Å²) >= 11 is 0. The zero-order valence-corrected chi connectivity index (χ0v) is 9.88. The summed E-state index contributed by atoms with van der Waals surface area (Å²) in [6.45, 7) is -0.428. The maximum absolute atomic E-state index is 12.2. The van der Waals surface area contributed by atoms with Crippen LogP contribution in [0.1, 0.15) is 6.23 Å². The van der Waals surface area contributed by atoms with Crippen LogP contribution in [0.25, 0.3) is 5.65 Å². The molecule has 0 saturated carbocycles. The van der Waals surface area contributed by atoms with E-state index in [1.165, 1.54) is 15.2 Å². The molecule has 0 radical (unpaired) electrons. The maximum atomic E-state index is 12.2. The van der Waals surface area contributed by atoms with E-state index >= 15 is 0 Å². The lowest BCUT2D eigenvalue weighted by atomic mass is 10.1. The average molecular weight is 268 g/mol. The number of rotatable bonds is 2. The van der Waals surface area contributed by atoms with Crippen molar-refractivity contribution in [3.63, 3.8) is 0 Å². The van der Waals surface area contributed by atoms with E-state index in [1.54, 1.807) is 18.5 Å². The SMILES string of the molecule is O=c1n([C@H]2O[C@@H](CO)[C@@H](O)[C@H]2O)ccc2[nH+]ccn12. The summed E-state index contributed by atoms with van der Waals surface area (Å²) in [5.74, 6) is 0. The molecule has 4 N–H and O–H groups in total. The van der Waals surface area contributed by atoms with E-state index in [1.807, 2.05) is 0 Å². The minimum absolute atomic E-state index is 0.409. The number of hydrogen-bond acceptors (Lipinski definition) is 5. The lowest BCUT2D eigenvalue weighted by Crippen LogP contribution is -2.37. The van der Waals surface area contributed by atoms with Crippen molar-refractivity contribution in [1.82, 2.24) is 8.97 Å². The van der Waals surface area contributed by atoms with Gasteiger partial charge in [0.1, 0.15) is 30.7 Å². The largest absolute Gasteiger partial charge is 0.422 e. The van der Waals surface area contributed by atoms with Gasteiger partial charge in [0.05, 0.1) is 6.61 Å². The standard InChI is InChI=1S/C11H13N3O5/c15-5-6-8(16)9(17)10(19-6)14-3-1-7-12-2-4-13(7)11(14)18/h1-4,6,8-10,15-17H,5H2/p+1/t6-,8+,9+,10-/m0/s1. The molecule has 0 aliphatic carbocycles. The topological polar surface area (TPSA) is 110 Å². The van der Waals surface area contributed by atoms with Crippen molar-refractivity contribution in [3.8, 4) is 0 Å². The Morgan fingerprint density at radius 1 is 1.32 bits per heavy atom. The first kappa shape index (κ1) is 12.3. The van der Waals surface area contributed by atoms with Crippen LogP contribution < -0.4 is 10.7 Å². The first-order chi connectivity index (χ1) is 9.13. The van der Waals surface area contributed by atoms with E-state index < -0.39 is 36.8 Å². The van der Waals surface area contributed by atoms with Crippen molar-refractivity contribution in [2.45, 2.75) is 24.5 Å². The summed E-state index contributed by atoms with van der Waals surface area (Å²) in [5, 5.41) is 28.6. The van der Waals surface area contributed by atoms with Crippen LogP contribution in [0, 0.1) is 0 Å². The zero-order valence-electron chi connectivity index (χ0n) is 9.88. The van der Waals surface area contributed by atoms with Crippen molar-refractivity contribution < 1.29 is 25.0 Å². The van der Waals surface area contributed by atoms with Crippen LogP contribution in [0.15, 0.2) is 29.5 Å². The fraction of sp³-hybridized carbons (Fsp3) is 0.455. The van der Waals surface area contributed by atoms with Crippen molar-refractivity contribution in [2.24, 2.45) is 0 Å². The van der Waals surface area contributed by atoms with Crippen LogP contribution in [0.2, 0.25) is 0 Å². The number of aliphatic hydroxyl groups is 3. The third kappa shape index (κ3) is 1.77. The van der Waals surface area contributed by atoms with Gasteiger partial charge in [-0.25, -0.2) is 9.78 Å². The Morgan fingerprint density at radius 2 is 2.11 bits per heavy atom. The van der Waals surface area contributed by atoms with E-state index in [0.29, 0.717) is 5.65 Å². The molecule has 1 aliphatic rings. The van der Waals surface area contributed by atoms with Crippen molar-refractivity contribution >= 4 is 5.65 Å². The van der Waals surface area contributed by atoms with E-state index in [0.717, 1.165) is 0 Å². The fourth-order valence-electron chi connectivity index (χ4n) is 2.28. The van der Waals surface area contributed by atoms with Gasteiger partial charge in [-0.15, -0.1) is 4.40 Å². The van der Waals surface area contributed by atoms with Gasteiger partial charge >= 0.3 is 5.69 Å². The van der Waals surface area contributed by atoms with Gasteiger partial charge in [-0.2, -0.15) is 0 Å². The van der Waals surface area contributed by atoms with Crippen LogP contribution in [-0.2, 0) is 4.74 Å². The van der Waals surface area contributed by atoms with Crippen LogP contribution >= 0.6 is 0 Å². The summed E-state index contributed by atoms with van der Waals surface area (Å²) < 4.78 is 7.86. The molecule has 8 nitrogen and oxygen atoms in total. The summed E-state index contributed by atoms with van der Waals surface area (Å²) in [4.78, 5) is 15.1. The monoisotopic (exact) mass is 268 g/mol. The number of nitrogens with zero attached hydrogens (tertiary/aromatic N) is 2. The Hall–Kier alpha value is -1.74. The molecule has 4 atom stereocenters.